The molecule has 54 valence electrons. The molecule has 0 bridgehead atoms. The molecule has 0 radical (unpaired) electrons. The Morgan fingerprint density at radius 2 is 1.80 bits per heavy atom. The predicted molar refractivity (Wildman–Crippen MR) is 47.8 cm³/mol. The van der Waals surface area contributed by atoms with Gasteiger partial charge < -0.3 is 5.73 Å². The molecule has 0 fully saturated rings. The summed E-state index contributed by atoms with van der Waals surface area (Å²) in [6.45, 7) is 0. The van der Waals surface area contributed by atoms with Gasteiger partial charge in [0.25, 0.3) is 0 Å². The Kier molecular flexibility index (Phi) is 6.00. The molecule has 0 aliphatic carbocycles. The lowest BCUT2D eigenvalue weighted by Gasteiger charge is -1.70. The molecule has 0 spiro atoms. The maximum Gasteiger partial charge on any atom is 0.128 e. The number of thiol groups is 1. The summed E-state index contributed by atoms with van der Waals surface area (Å²) in [5.74, 6) is 0. The number of thiocarbonyl (C=S) groups is 1. The Morgan fingerprint density at radius 1 is 1.40 bits per heavy atom. The van der Waals surface area contributed by atoms with Crippen LogP contribution in [0.1, 0.15) is 0 Å². The molecule has 0 saturated carbocycles. The molecule has 0 unspecified atom stereocenters. The fraction of sp³-hybridized carbons (Fsp3) is 0. The van der Waals surface area contributed by atoms with Crippen LogP contribution in [-0.4, -0.2) is 14.3 Å². The molecule has 0 aliphatic heterocycles. The van der Waals surface area contributed by atoms with E-state index in [1.165, 1.54) is 6.33 Å². The van der Waals surface area contributed by atoms with Gasteiger partial charge in [-0.25, -0.2) is 9.97 Å². The molecule has 1 aromatic rings. The molecule has 0 aliphatic rings. The molecule has 3 nitrogen and oxygen atoms in total. The van der Waals surface area contributed by atoms with Crippen molar-refractivity contribution < 1.29 is 0 Å². The van der Waals surface area contributed by atoms with E-state index in [0.29, 0.717) is 0 Å². The van der Waals surface area contributed by atoms with Crippen molar-refractivity contribution in [1.82, 2.24) is 9.97 Å². The number of rotatable bonds is 0. The third kappa shape index (κ3) is 10.3. The number of nitrogens with two attached hydrogens (primary N) is 1. The van der Waals surface area contributed by atoms with Crippen LogP contribution in [0.15, 0.2) is 24.8 Å². The second kappa shape index (κ2) is 6.44. The normalized spacial score (nSPS) is 7.30. The zero-order chi connectivity index (χ0) is 7.82. The lowest BCUT2D eigenvalue weighted by molar-refractivity contribution is 1.17. The van der Waals surface area contributed by atoms with Gasteiger partial charge in [-0.1, -0.05) is 12.2 Å². The van der Waals surface area contributed by atoms with E-state index in [9.17, 15) is 0 Å². The van der Waals surface area contributed by atoms with E-state index in [1.54, 1.807) is 18.5 Å². The molecule has 0 aromatic carbocycles. The van der Waals surface area contributed by atoms with Crippen molar-refractivity contribution in [3.8, 4) is 0 Å². The lowest BCUT2D eigenvalue weighted by atomic mass is 10.7. The van der Waals surface area contributed by atoms with E-state index in [0.717, 1.165) is 0 Å². The summed E-state index contributed by atoms with van der Waals surface area (Å²) in [6.07, 6.45) is 4.88. The third-order valence-electron chi connectivity index (χ3n) is 0.478. The van der Waals surface area contributed by atoms with Crippen LogP contribution >= 0.6 is 24.8 Å². The average molecular weight is 173 g/mol. The highest BCUT2D eigenvalue weighted by Gasteiger charge is 1.59. The third-order valence-corrected chi connectivity index (χ3v) is 0.478. The Balaban J connectivity index is 0.000000180. The maximum absolute atomic E-state index is 4.71. The van der Waals surface area contributed by atoms with E-state index in [2.05, 4.69) is 34.8 Å². The van der Waals surface area contributed by atoms with Crippen molar-refractivity contribution >= 4 is 29.2 Å². The SMILES string of the molecule is NC(=S)S.c1cncnc1. The van der Waals surface area contributed by atoms with Crippen LogP contribution in [0.3, 0.4) is 0 Å². The van der Waals surface area contributed by atoms with E-state index in [-0.39, 0.29) is 4.32 Å². The molecule has 0 amide bonds. The van der Waals surface area contributed by atoms with Gasteiger partial charge in [0.15, 0.2) is 0 Å². The van der Waals surface area contributed by atoms with Gasteiger partial charge in [0.2, 0.25) is 0 Å². The summed E-state index contributed by atoms with van der Waals surface area (Å²) >= 11 is 7.65. The van der Waals surface area contributed by atoms with Gasteiger partial charge in [-0.2, -0.15) is 0 Å². The van der Waals surface area contributed by atoms with Crippen molar-refractivity contribution in [2.45, 2.75) is 0 Å². The smallest absolute Gasteiger partial charge is 0.128 e. The largest absolute Gasteiger partial charge is 0.385 e. The van der Waals surface area contributed by atoms with Gasteiger partial charge in [0.05, 0.1) is 0 Å². The highest BCUT2D eigenvalue weighted by molar-refractivity contribution is 8.10. The molecule has 2 N–H and O–H groups in total. The van der Waals surface area contributed by atoms with Gasteiger partial charge in [-0.15, -0.1) is 12.6 Å². The number of hydrogen-bond acceptors (Lipinski definition) is 3. The van der Waals surface area contributed by atoms with E-state index < -0.39 is 0 Å². The van der Waals surface area contributed by atoms with Crippen LogP contribution in [-0.2, 0) is 0 Å². The second-order valence-corrected chi connectivity index (χ2v) is 2.47. The first kappa shape index (κ1) is 9.32. The Labute approximate surface area is 70.1 Å². The summed E-state index contributed by atoms with van der Waals surface area (Å²) in [5.41, 5.74) is 4.71. The van der Waals surface area contributed by atoms with Gasteiger partial charge in [-0.05, 0) is 6.07 Å². The van der Waals surface area contributed by atoms with Crippen molar-refractivity contribution in [3.63, 3.8) is 0 Å². The zero-order valence-electron chi connectivity index (χ0n) is 5.14. The molecule has 5 heteroatoms. The van der Waals surface area contributed by atoms with Crippen LogP contribution < -0.4 is 5.73 Å². The van der Waals surface area contributed by atoms with Crippen LogP contribution in [0.2, 0.25) is 0 Å². The molecule has 0 atom stereocenters. The van der Waals surface area contributed by atoms with Gasteiger partial charge in [0, 0.05) is 12.4 Å². The fourth-order valence-corrected chi connectivity index (χ4v) is 0.253. The Hall–Kier alpha value is -0.680. The van der Waals surface area contributed by atoms with Crippen LogP contribution in [0.5, 0.6) is 0 Å². The molecular weight excluding hydrogens is 166 g/mol. The summed E-state index contributed by atoms with van der Waals surface area (Å²) in [5, 5.41) is 0. The number of hydrogen-bond donors (Lipinski definition) is 2. The molecule has 1 heterocycles. The molecule has 0 saturated heterocycles. The maximum atomic E-state index is 4.71. The minimum Gasteiger partial charge on any atom is -0.385 e. The Bertz CT molecular complexity index is 147. The Morgan fingerprint density at radius 3 is 1.90 bits per heavy atom. The van der Waals surface area contributed by atoms with Crippen molar-refractivity contribution in [2.75, 3.05) is 0 Å². The molecule has 1 rings (SSSR count). The van der Waals surface area contributed by atoms with Crippen LogP contribution in [0.4, 0.5) is 0 Å². The first-order chi connectivity index (χ1) is 4.73. The highest BCUT2D eigenvalue weighted by atomic mass is 32.1. The summed E-state index contributed by atoms with van der Waals surface area (Å²) < 4.78 is 0.194. The standard InChI is InChI=1S/C4H4N2.CH3NS2/c1-2-5-4-6-3-1;2-1(3)4/h1-4H;(H3,2,3,4). The lowest BCUT2D eigenvalue weighted by Crippen LogP contribution is -1.94. The highest BCUT2D eigenvalue weighted by Crippen LogP contribution is 1.66. The number of aromatic nitrogens is 2. The van der Waals surface area contributed by atoms with Crippen molar-refractivity contribution in [2.24, 2.45) is 5.73 Å². The molecular formula is C5H7N3S2. The van der Waals surface area contributed by atoms with Crippen molar-refractivity contribution in [3.05, 3.63) is 24.8 Å². The summed E-state index contributed by atoms with van der Waals surface area (Å²) in [7, 11) is 0. The minimum atomic E-state index is 0.194. The van der Waals surface area contributed by atoms with E-state index in [4.69, 9.17) is 5.73 Å². The quantitative estimate of drug-likeness (QED) is 0.446. The predicted octanol–water partition coefficient (Wildman–Crippen LogP) is 0.636. The van der Waals surface area contributed by atoms with Gasteiger partial charge in [-0.3, -0.25) is 0 Å². The monoisotopic (exact) mass is 173 g/mol. The first-order valence-electron chi connectivity index (χ1n) is 2.42. The second-order valence-electron chi connectivity index (χ2n) is 1.24. The van der Waals surface area contributed by atoms with E-state index >= 15 is 0 Å². The first-order valence-corrected chi connectivity index (χ1v) is 3.27. The van der Waals surface area contributed by atoms with Crippen LogP contribution in [0, 0.1) is 0 Å². The van der Waals surface area contributed by atoms with Gasteiger partial charge >= 0.3 is 0 Å². The summed E-state index contributed by atoms with van der Waals surface area (Å²) in [6, 6.07) is 1.78. The average Bonchev–Trinajstić information content (AvgIpc) is 1.90. The number of nitrogens with zero attached hydrogens (tertiary/aromatic N) is 2. The molecule has 1 aromatic heterocycles. The fourth-order valence-electron chi connectivity index (χ4n) is 0.253. The van der Waals surface area contributed by atoms with Crippen LogP contribution in [0.25, 0.3) is 0 Å². The zero-order valence-corrected chi connectivity index (χ0v) is 6.85. The summed E-state index contributed by atoms with van der Waals surface area (Å²) in [4.78, 5) is 7.35. The minimum absolute atomic E-state index is 0.194. The van der Waals surface area contributed by atoms with Gasteiger partial charge in [0.1, 0.15) is 10.6 Å². The topological polar surface area (TPSA) is 51.8 Å². The van der Waals surface area contributed by atoms with Crippen molar-refractivity contribution in [1.29, 1.82) is 0 Å². The molecule has 10 heavy (non-hydrogen) atoms. The van der Waals surface area contributed by atoms with E-state index in [1.807, 2.05) is 0 Å².